The summed E-state index contributed by atoms with van der Waals surface area (Å²) in [6.45, 7) is 1.32. The number of benzene rings is 1. The van der Waals surface area contributed by atoms with Crippen LogP contribution in [0.25, 0.3) is 0 Å². The van der Waals surface area contributed by atoms with Crippen LogP contribution in [0.3, 0.4) is 0 Å². The van der Waals surface area contributed by atoms with Crippen LogP contribution in [0.15, 0.2) is 30.3 Å². The van der Waals surface area contributed by atoms with Gasteiger partial charge in [0.2, 0.25) is 5.91 Å². The minimum Gasteiger partial charge on any atom is -0.371 e. The third-order valence-corrected chi connectivity index (χ3v) is 4.85. The molecule has 1 aliphatic heterocycles. The Kier molecular flexibility index (Phi) is 4.56. The molecular weight excluding hydrogens is 264 g/mol. The zero-order chi connectivity index (χ0) is 14.7. The molecule has 0 aromatic heterocycles. The molecule has 1 aromatic rings. The lowest BCUT2D eigenvalue weighted by molar-refractivity contribution is -0.127. The Morgan fingerprint density at radius 1 is 1.24 bits per heavy atom. The first-order valence-corrected chi connectivity index (χ1v) is 7.96. The number of hydrogen-bond donors (Lipinski definition) is 2. The van der Waals surface area contributed by atoms with Gasteiger partial charge in [-0.3, -0.25) is 4.79 Å². The van der Waals surface area contributed by atoms with Gasteiger partial charge in [0, 0.05) is 12.5 Å². The molecule has 1 saturated carbocycles. The molecular formula is C17H24N2O2. The Labute approximate surface area is 126 Å². The molecule has 3 rings (SSSR count). The van der Waals surface area contributed by atoms with E-state index in [2.05, 4.69) is 17.4 Å². The van der Waals surface area contributed by atoms with Crippen LogP contribution in [0.1, 0.15) is 37.4 Å². The summed E-state index contributed by atoms with van der Waals surface area (Å²) in [5.74, 6) is 0.605. The molecule has 1 saturated heterocycles. The number of ether oxygens (including phenoxy) is 1. The number of nitrogens with one attached hydrogen (secondary N) is 1. The predicted octanol–water partition coefficient (Wildman–Crippen LogP) is 2.01. The van der Waals surface area contributed by atoms with Crippen LogP contribution in [0.2, 0.25) is 0 Å². The summed E-state index contributed by atoms with van der Waals surface area (Å²) in [7, 11) is 0. The first-order valence-electron chi connectivity index (χ1n) is 7.96. The minimum atomic E-state index is -0.0205. The highest BCUT2D eigenvalue weighted by molar-refractivity contribution is 5.79. The van der Waals surface area contributed by atoms with Gasteiger partial charge in [0.05, 0.1) is 6.04 Å². The molecule has 4 nitrogen and oxygen atoms in total. The third kappa shape index (κ3) is 3.11. The Hall–Kier alpha value is -1.39. The summed E-state index contributed by atoms with van der Waals surface area (Å²) in [6.07, 6.45) is 4.02. The molecule has 1 amide bonds. The van der Waals surface area contributed by atoms with Crippen molar-refractivity contribution in [1.82, 2.24) is 5.32 Å². The maximum Gasteiger partial charge on any atom is 0.223 e. The fourth-order valence-electron chi connectivity index (χ4n) is 3.66. The molecule has 21 heavy (non-hydrogen) atoms. The molecule has 0 bridgehead atoms. The van der Waals surface area contributed by atoms with Crippen molar-refractivity contribution in [2.24, 2.45) is 17.6 Å². The summed E-state index contributed by atoms with van der Waals surface area (Å²) in [5.41, 5.74) is 6.92. The number of nitrogens with two attached hydrogens (primary N) is 1. The van der Waals surface area contributed by atoms with E-state index < -0.39 is 0 Å². The summed E-state index contributed by atoms with van der Waals surface area (Å²) in [4.78, 5) is 12.5. The second-order valence-corrected chi connectivity index (χ2v) is 6.14. The van der Waals surface area contributed by atoms with E-state index in [0.29, 0.717) is 19.1 Å². The first kappa shape index (κ1) is 14.5. The third-order valence-electron chi connectivity index (χ3n) is 4.85. The molecule has 0 spiro atoms. The van der Waals surface area contributed by atoms with Crippen molar-refractivity contribution < 1.29 is 9.53 Å². The fraction of sp³-hybridized carbons (Fsp3) is 0.588. The predicted molar refractivity (Wildman–Crippen MR) is 81.6 cm³/mol. The van der Waals surface area contributed by atoms with Crippen molar-refractivity contribution in [3.8, 4) is 0 Å². The van der Waals surface area contributed by atoms with E-state index >= 15 is 0 Å². The Morgan fingerprint density at radius 3 is 2.81 bits per heavy atom. The van der Waals surface area contributed by atoms with E-state index in [-0.39, 0.29) is 24.0 Å². The zero-order valence-electron chi connectivity index (χ0n) is 12.3. The Balaban J connectivity index is 1.65. The molecule has 4 atom stereocenters. The first-order chi connectivity index (χ1) is 10.3. The molecule has 1 aliphatic carbocycles. The van der Waals surface area contributed by atoms with Gasteiger partial charge in [-0.2, -0.15) is 0 Å². The van der Waals surface area contributed by atoms with Crippen LogP contribution in [0.4, 0.5) is 0 Å². The normalized spacial score (nSPS) is 32.2. The molecule has 114 valence electrons. The lowest BCUT2D eigenvalue weighted by atomic mass is 9.94. The van der Waals surface area contributed by atoms with E-state index in [1.807, 2.05) is 18.2 Å². The van der Waals surface area contributed by atoms with Crippen molar-refractivity contribution in [2.45, 2.75) is 37.8 Å². The highest BCUT2D eigenvalue weighted by atomic mass is 16.5. The molecule has 0 radical (unpaired) electrons. The Morgan fingerprint density at radius 2 is 2.05 bits per heavy atom. The van der Waals surface area contributed by atoms with Crippen LogP contribution < -0.4 is 11.1 Å². The fourth-order valence-corrected chi connectivity index (χ4v) is 3.66. The van der Waals surface area contributed by atoms with Crippen LogP contribution in [0, 0.1) is 11.8 Å². The SMILES string of the molecule is NC[C@H]1CCC[C@H]1C(=O)NC1CCOC1c1ccccc1. The maximum atomic E-state index is 12.5. The Bertz CT molecular complexity index is 477. The molecule has 2 aliphatic rings. The van der Waals surface area contributed by atoms with E-state index in [1.54, 1.807) is 0 Å². The van der Waals surface area contributed by atoms with Gasteiger partial charge in [-0.05, 0) is 37.3 Å². The van der Waals surface area contributed by atoms with E-state index in [9.17, 15) is 4.79 Å². The quantitative estimate of drug-likeness (QED) is 0.890. The van der Waals surface area contributed by atoms with Gasteiger partial charge in [0.25, 0.3) is 0 Å². The van der Waals surface area contributed by atoms with Gasteiger partial charge in [-0.1, -0.05) is 36.8 Å². The van der Waals surface area contributed by atoms with Crippen LogP contribution in [-0.4, -0.2) is 25.1 Å². The van der Waals surface area contributed by atoms with Crippen LogP contribution in [-0.2, 0) is 9.53 Å². The average molecular weight is 288 g/mol. The summed E-state index contributed by atoms with van der Waals surface area (Å²) in [5, 5.41) is 3.21. The van der Waals surface area contributed by atoms with E-state index in [1.165, 1.54) is 0 Å². The van der Waals surface area contributed by atoms with Gasteiger partial charge in [0.1, 0.15) is 6.10 Å². The maximum absolute atomic E-state index is 12.5. The summed E-state index contributed by atoms with van der Waals surface area (Å²) < 4.78 is 5.83. The van der Waals surface area contributed by atoms with E-state index in [4.69, 9.17) is 10.5 Å². The highest BCUT2D eigenvalue weighted by Gasteiger charge is 2.36. The van der Waals surface area contributed by atoms with Crippen molar-refractivity contribution in [2.75, 3.05) is 13.2 Å². The molecule has 1 heterocycles. The lowest BCUT2D eigenvalue weighted by Crippen LogP contribution is -2.42. The largest absolute Gasteiger partial charge is 0.371 e. The highest BCUT2D eigenvalue weighted by Crippen LogP contribution is 2.33. The smallest absolute Gasteiger partial charge is 0.223 e. The summed E-state index contributed by atoms with van der Waals surface area (Å²) in [6, 6.07) is 10.2. The minimum absolute atomic E-state index is 0.0205. The molecule has 3 N–H and O–H groups in total. The van der Waals surface area contributed by atoms with Gasteiger partial charge >= 0.3 is 0 Å². The summed E-state index contributed by atoms with van der Waals surface area (Å²) >= 11 is 0. The van der Waals surface area contributed by atoms with Crippen LogP contribution >= 0.6 is 0 Å². The lowest BCUT2D eigenvalue weighted by Gasteiger charge is -2.24. The average Bonchev–Trinajstić information content (AvgIpc) is 3.16. The van der Waals surface area contributed by atoms with Gasteiger partial charge < -0.3 is 15.8 Å². The molecule has 2 unspecified atom stereocenters. The van der Waals surface area contributed by atoms with Crippen LogP contribution in [0.5, 0.6) is 0 Å². The molecule has 2 fully saturated rings. The monoisotopic (exact) mass is 288 g/mol. The van der Waals surface area contributed by atoms with Crippen molar-refractivity contribution in [1.29, 1.82) is 0 Å². The van der Waals surface area contributed by atoms with Gasteiger partial charge in [0.15, 0.2) is 0 Å². The second kappa shape index (κ2) is 6.58. The second-order valence-electron chi connectivity index (χ2n) is 6.14. The number of carbonyl (C=O) groups is 1. The molecule has 4 heteroatoms. The number of hydrogen-bond acceptors (Lipinski definition) is 3. The number of carbonyl (C=O) groups excluding carboxylic acids is 1. The van der Waals surface area contributed by atoms with Gasteiger partial charge in [-0.15, -0.1) is 0 Å². The van der Waals surface area contributed by atoms with E-state index in [0.717, 1.165) is 31.2 Å². The topological polar surface area (TPSA) is 64.4 Å². The number of rotatable bonds is 4. The van der Waals surface area contributed by atoms with Crippen molar-refractivity contribution in [3.63, 3.8) is 0 Å². The number of amides is 1. The molecule has 1 aromatic carbocycles. The van der Waals surface area contributed by atoms with Crippen molar-refractivity contribution in [3.05, 3.63) is 35.9 Å². The standard InChI is InChI=1S/C17H24N2O2/c18-11-13-7-4-8-14(13)17(20)19-15-9-10-21-16(15)12-5-2-1-3-6-12/h1-3,5-6,13-16H,4,7-11,18H2,(H,19,20)/t13-,14-,15?,16?/m1/s1. The van der Waals surface area contributed by atoms with Crippen molar-refractivity contribution >= 4 is 5.91 Å². The zero-order valence-corrected chi connectivity index (χ0v) is 12.3. The van der Waals surface area contributed by atoms with Gasteiger partial charge in [-0.25, -0.2) is 0 Å².